The van der Waals surface area contributed by atoms with Crippen molar-refractivity contribution in [3.8, 4) is 0 Å². The molecule has 0 bridgehead atoms. The standard InChI is InChI=1S/C13H21N3O2/c1-10-11(15-9-14-10)7-16-5-3-12(17)13(8-16)4-2-6-18-13/h9,12,17H,2-8H2,1H3,(H,14,15)/t12-,13-/m0/s1. The number of aryl methyl sites for hydroxylation is 1. The molecular weight excluding hydrogens is 230 g/mol. The second-order valence-electron chi connectivity index (χ2n) is 5.51. The van der Waals surface area contributed by atoms with E-state index in [1.807, 2.05) is 6.92 Å². The van der Waals surface area contributed by atoms with Gasteiger partial charge in [0.1, 0.15) is 5.60 Å². The quantitative estimate of drug-likeness (QED) is 0.817. The maximum Gasteiger partial charge on any atom is 0.107 e. The van der Waals surface area contributed by atoms with Crippen LogP contribution in [0, 0.1) is 6.92 Å². The van der Waals surface area contributed by atoms with Gasteiger partial charge in [-0.3, -0.25) is 4.90 Å². The fourth-order valence-corrected chi connectivity index (χ4v) is 3.13. The van der Waals surface area contributed by atoms with E-state index >= 15 is 0 Å². The van der Waals surface area contributed by atoms with Crippen LogP contribution in [0.15, 0.2) is 6.33 Å². The van der Waals surface area contributed by atoms with Gasteiger partial charge in [-0.25, -0.2) is 4.98 Å². The number of hydrogen-bond donors (Lipinski definition) is 2. The third-order valence-corrected chi connectivity index (χ3v) is 4.26. The molecule has 0 unspecified atom stereocenters. The molecule has 2 fully saturated rings. The third-order valence-electron chi connectivity index (χ3n) is 4.26. The Kier molecular flexibility index (Phi) is 3.13. The molecule has 100 valence electrons. The Bertz CT molecular complexity index is 412. The number of nitrogens with zero attached hydrogens (tertiary/aromatic N) is 2. The van der Waals surface area contributed by atoms with Crippen LogP contribution >= 0.6 is 0 Å². The highest BCUT2D eigenvalue weighted by molar-refractivity contribution is 5.09. The first-order valence-corrected chi connectivity index (χ1v) is 6.73. The second kappa shape index (κ2) is 4.64. The molecule has 3 rings (SSSR count). The first kappa shape index (κ1) is 12.1. The molecule has 1 aromatic heterocycles. The number of aromatic nitrogens is 2. The minimum absolute atomic E-state index is 0.309. The monoisotopic (exact) mass is 251 g/mol. The van der Waals surface area contributed by atoms with Gasteiger partial charge in [0, 0.05) is 31.9 Å². The van der Waals surface area contributed by atoms with Crippen molar-refractivity contribution < 1.29 is 9.84 Å². The van der Waals surface area contributed by atoms with E-state index in [2.05, 4.69) is 14.9 Å². The Morgan fingerprint density at radius 1 is 1.67 bits per heavy atom. The van der Waals surface area contributed by atoms with Gasteiger partial charge in [-0.05, 0) is 26.2 Å². The van der Waals surface area contributed by atoms with Gasteiger partial charge in [0.15, 0.2) is 0 Å². The van der Waals surface area contributed by atoms with Crippen molar-refractivity contribution in [2.45, 2.75) is 44.4 Å². The zero-order chi connectivity index (χ0) is 12.6. The number of aliphatic hydroxyl groups excluding tert-OH is 1. The van der Waals surface area contributed by atoms with Gasteiger partial charge >= 0.3 is 0 Å². The van der Waals surface area contributed by atoms with Crippen LogP contribution in [0.1, 0.15) is 30.7 Å². The van der Waals surface area contributed by atoms with Crippen LogP contribution in [0.3, 0.4) is 0 Å². The Morgan fingerprint density at radius 2 is 2.56 bits per heavy atom. The van der Waals surface area contributed by atoms with Gasteiger partial charge in [-0.2, -0.15) is 0 Å². The first-order chi connectivity index (χ1) is 8.70. The summed E-state index contributed by atoms with van der Waals surface area (Å²) in [5.74, 6) is 0. The average molecular weight is 251 g/mol. The van der Waals surface area contributed by atoms with Crippen molar-refractivity contribution in [2.75, 3.05) is 19.7 Å². The second-order valence-corrected chi connectivity index (χ2v) is 5.51. The summed E-state index contributed by atoms with van der Waals surface area (Å²) < 4.78 is 5.85. The fraction of sp³-hybridized carbons (Fsp3) is 0.769. The number of ether oxygens (including phenoxy) is 1. The summed E-state index contributed by atoms with van der Waals surface area (Å²) in [6, 6.07) is 0. The molecule has 18 heavy (non-hydrogen) atoms. The molecule has 5 nitrogen and oxygen atoms in total. The summed E-state index contributed by atoms with van der Waals surface area (Å²) in [7, 11) is 0. The van der Waals surface area contributed by atoms with Crippen LogP contribution < -0.4 is 0 Å². The molecule has 0 radical (unpaired) electrons. The van der Waals surface area contributed by atoms with E-state index in [0.717, 1.165) is 56.9 Å². The normalized spacial score (nSPS) is 33.3. The summed E-state index contributed by atoms with van der Waals surface area (Å²) in [6.45, 7) is 5.40. The highest BCUT2D eigenvalue weighted by Gasteiger charge is 2.46. The van der Waals surface area contributed by atoms with Gasteiger partial charge < -0.3 is 14.8 Å². The lowest BCUT2D eigenvalue weighted by molar-refractivity contribution is -0.132. The van der Waals surface area contributed by atoms with Gasteiger partial charge in [0.25, 0.3) is 0 Å². The maximum absolute atomic E-state index is 10.2. The molecule has 2 saturated heterocycles. The van der Waals surface area contributed by atoms with Crippen molar-refractivity contribution in [1.82, 2.24) is 14.9 Å². The Morgan fingerprint density at radius 3 is 3.22 bits per heavy atom. The van der Waals surface area contributed by atoms with E-state index in [4.69, 9.17) is 4.74 Å². The number of nitrogens with one attached hydrogen (secondary N) is 1. The van der Waals surface area contributed by atoms with E-state index in [1.165, 1.54) is 0 Å². The Hall–Kier alpha value is -0.910. The lowest BCUT2D eigenvalue weighted by Gasteiger charge is -2.43. The number of rotatable bonds is 2. The highest BCUT2D eigenvalue weighted by Crippen LogP contribution is 2.35. The molecule has 3 heterocycles. The van der Waals surface area contributed by atoms with Crippen molar-refractivity contribution >= 4 is 0 Å². The number of imidazole rings is 1. The SMILES string of the molecule is Cc1[nH]cnc1CN1CC[C@H](O)[C@]2(CCCO2)C1. The molecule has 0 amide bonds. The molecule has 5 heteroatoms. The molecule has 0 saturated carbocycles. The topological polar surface area (TPSA) is 61.4 Å². The predicted molar refractivity (Wildman–Crippen MR) is 67.1 cm³/mol. The minimum atomic E-state index is -0.317. The molecular formula is C13H21N3O2. The minimum Gasteiger partial charge on any atom is -0.390 e. The lowest BCUT2D eigenvalue weighted by atomic mass is 9.87. The summed E-state index contributed by atoms with van der Waals surface area (Å²) in [5.41, 5.74) is 1.91. The van der Waals surface area contributed by atoms with Gasteiger partial charge in [-0.1, -0.05) is 0 Å². The lowest BCUT2D eigenvalue weighted by Crippen LogP contribution is -2.56. The van der Waals surface area contributed by atoms with E-state index < -0.39 is 0 Å². The molecule has 2 aliphatic heterocycles. The summed E-state index contributed by atoms with van der Waals surface area (Å²) >= 11 is 0. The predicted octanol–water partition coefficient (Wildman–Crippen LogP) is 0.834. The van der Waals surface area contributed by atoms with E-state index in [1.54, 1.807) is 6.33 Å². The zero-order valence-corrected chi connectivity index (χ0v) is 10.9. The van der Waals surface area contributed by atoms with Crippen LogP contribution in [0.5, 0.6) is 0 Å². The number of piperidine rings is 1. The van der Waals surface area contributed by atoms with Crippen molar-refractivity contribution in [3.63, 3.8) is 0 Å². The number of hydrogen-bond acceptors (Lipinski definition) is 4. The van der Waals surface area contributed by atoms with Crippen LogP contribution in [0.25, 0.3) is 0 Å². The molecule has 0 aliphatic carbocycles. The summed E-state index contributed by atoms with van der Waals surface area (Å²) in [6.07, 6.45) is 4.27. The summed E-state index contributed by atoms with van der Waals surface area (Å²) in [4.78, 5) is 9.80. The van der Waals surface area contributed by atoms with Gasteiger partial charge in [0.05, 0.1) is 18.1 Å². The number of H-pyrrole nitrogens is 1. The first-order valence-electron chi connectivity index (χ1n) is 6.73. The maximum atomic E-state index is 10.2. The Labute approximate surface area is 107 Å². The van der Waals surface area contributed by atoms with E-state index in [9.17, 15) is 5.11 Å². The summed E-state index contributed by atoms with van der Waals surface area (Å²) in [5, 5.41) is 10.2. The molecule has 1 aromatic rings. The van der Waals surface area contributed by atoms with Crippen LogP contribution in [-0.4, -0.2) is 51.4 Å². The number of aliphatic hydroxyl groups is 1. The van der Waals surface area contributed by atoms with Crippen LogP contribution in [0.4, 0.5) is 0 Å². The molecule has 2 aliphatic rings. The fourth-order valence-electron chi connectivity index (χ4n) is 3.13. The third kappa shape index (κ3) is 2.06. The Balaban J connectivity index is 1.70. The van der Waals surface area contributed by atoms with E-state index in [-0.39, 0.29) is 11.7 Å². The van der Waals surface area contributed by atoms with Gasteiger partial charge in [-0.15, -0.1) is 0 Å². The van der Waals surface area contributed by atoms with E-state index in [0.29, 0.717) is 0 Å². The molecule has 1 spiro atoms. The largest absolute Gasteiger partial charge is 0.390 e. The molecule has 2 atom stereocenters. The van der Waals surface area contributed by atoms with Crippen LogP contribution in [-0.2, 0) is 11.3 Å². The van der Waals surface area contributed by atoms with Crippen molar-refractivity contribution in [3.05, 3.63) is 17.7 Å². The van der Waals surface area contributed by atoms with Gasteiger partial charge in [0.2, 0.25) is 0 Å². The molecule has 0 aromatic carbocycles. The molecule has 2 N–H and O–H groups in total. The van der Waals surface area contributed by atoms with Crippen molar-refractivity contribution in [1.29, 1.82) is 0 Å². The number of likely N-dealkylation sites (tertiary alicyclic amines) is 1. The van der Waals surface area contributed by atoms with Crippen molar-refractivity contribution in [2.24, 2.45) is 0 Å². The average Bonchev–Trinajstić information content (AvgIpc) is 2.96. The highest BCUT2D eigenvalue weighted by atomic mass is 16.5. The smallest absolute Gasteiger partial charge is 0.107 e. The van der Waals surface area contributed by atoms with Crippen LogP contribution in [0.2, 0.25) is 0 Å². The number of aromatic amines is 1. The zero-order valence-electron chi connectivity index (χ0n) is 10.9.